The maximum absolute atomic E-state index is 13.6. The van der Waals surface area contributed by atoms with E-state index in [1.54, 1.807) is 24.3 Å². The lowest BCUT2D eigenvalue weighted by molar-refractivity contribution is -0.122. The number of benzene rings is 2. The van der Waals surface area contributed by atoms with Gasteiger partial charge in [-0.3, -0.25) is 9.59 Å². The van der Waals surface area contributed by atoms with Crippen molar-refractivity contribution in [1.29, 1.82) is 0 Å². The number of halogens is 2. The van der Waals surface area contributed by atoms with E-state index in [-0.39, 0.29) is 5.91 Å². The van der Waals surface area contributed by atoms with E-state index in [4.69, 9.17) is 4.74 Å². The molecule has 5 nitrogen and oxygen atoms in total. The molecule has 0 heterocycles. The van der Waals surface area contributed by atoms with Gasteiger partial charge in [0.2, 0.25) is 11.8 Å². The second kappa shape index (κ2) is 7.51. The van der Waals surface area contributed by atoms with Gasteiger partial charge in [-0.1, -0.05) is 6.07 Å². The van der Waals surface area contributed by atoms with Crippen molar-refractivity contribution in [3.63, 3.8) is 0 Å². The number of rotatable bonds is 6. The number of ether oxygens (including phenoxy) is 1. The van der Waals surface area contributed by atoms with E-state index >= 15 is 0 Å². The summed E-state index contributed by atoms with van der Waals surface area (Å²) in [4.78, 5) is 24.3. The molecule has 2 unspecified atom stereocenters. The molecule has 2 amide bonds. The van der Waals surface area contributed by atoms with Crippen molar-refractivity contribution in [3.8, 4) is 5.75 Å². The Labute approximate surface area is 149 Å². The molecule has 1 aliphatic rings. The van der Waals surface area contributed by atoms with Crippen LogP contribution in [0.2, 0.25) is 0 Å². The number of anilines is 2. The van der Waals surface area contributed by atoms with Crippen LogP contribution in [0.4, 0.5) is 20.2 Å². The number of nitrogens with one attached hydrogen (secondary N) is 2. The normalized spacial score (nSPS) is 18.1. The second-order valence-electron chi connectivity index (χ2n) is 5.98. The Morgan fingerprint density at radius 2 is 1.58 bits per heavy atom. The predicted octanol–water partition coefficient (Wildman–Crippen LogP) is 3.58. The SMILES string of the molecule is CCOc1ccc(NC(=O)C2CC2C(=O)Nc2c(F)cccc2F)cc1. The van der Waals surface area contributed by atoms with Gasteiger partial charge in [-0.25, -0.2) is 8.78 Å². The van der Waals surface area contributed by atoms with Crippen LogP contribution < -0.4 is 15.4 Å². The zero-order valence-electron chi connectivity index (χ0n) is 14.1. The Morgan fingerprint density at radius 1 is 1.00 bits per heavy atom. The van der Waals surface area contributed by atoms with Gasteiger partial charge in [0.25, 0.3) is 0 Å². The molecular weight excluding hydrogens is 342 g/mol. The highest BCUT2D eigenvalue weighted by atomic mass is 19.1. The number of hydrogen-bond donors (Lipinski definition) is 2. The lowest BCUT2D eigenvalue weighted by atomic mass is 10.2. The van der Waals surface area contributed by atoms with Gasteiger partial charge in [-0.2, -0.15) is 0 Å². The highest BCUT2D eigenvalue weighted by Gasteiger charge is 2.48. The molecule has 2 aromatic carbocycles. The van der Waals surface area contributed by atoms with Gasteiger partial charge in [-0.15, -0.1) is 0 Å². The molecule has 26 heavy (non-hydrogen) atoms. The topological polar surface area (TPSA) is 67.4 Å². The van der Waals surface area contributed by atoms with Crippen LogP contribution in [0, 0.1) is 23.5 Å². The monoisotopic (exact) mass is 360 g/mol. The van der Waals surface area contributed by atoms with Crippen LogP contribution in [0.15, 0.2) is 42.5 Å². The molecule has 0 aromatic heterocycles. The van der Waals surface area contributed by atoms with Crippen molar-refractivity contribution >= 4 is 23.2 Å². The summed E-state index contributed by atoms with van der Waals surface area (Å²) in [6, 6.07) is 10.2. The average molecular weight is 360 g/mol. The van der Waals surface area contributed by atoms with Crippen LogP contribution in [0.5, 0.6) is 5.75 Å². The van der Waals surface area contributed by atoms with E-state index in [2.05, 4.69) is 10.6 Å². The predicted molar refractivity (Wildman–Crippen MR) is 92.8 cm³/mol. The van der Waals surface area contributed by atoms with Crippen LogP contribution in [0.25, 0.3) is 0 Å². The summed E-state index contributed by atoms with van der Waals surface area (Å²) < 4.78 is 32.5. The molecule has 136 valence electrons. The molecular formula is C19H18F2N2O3. The molecule has 1 aliphatic carbocycles. The van der Waals surface area contributed by atoms with E-state index in [0.717, 1.165) is 12.1 Å². The molecule has 0 aliphatic heterocycles. The molecule has 2 aromatic rings. The van der Waals surface area contributed by atoms with Crippen LogP contribution in [-0.2, 0) is 9.59 Å². The molecule has 3 rings (SSSR count). The van der Waals surface area contributed by atoms with Gasteiger partial charge in [0.1, 0.15) is 23.1 Å². The third kappa shape index (κ3) is 3.99. The minimum Gasteiger partial charge on any atom is -0.494 e. The van der Waals surface area contributed by atoms with Gasteiger partial charge in [0, 0.05) is 5.69 Å². The first-order valence-electron chi connectivity index (χ1n) is 8.28. The van der Waals surface area contributed by atoms with Crippen molar-refractivity contribution in [2.24, 2.45) is 11.8 Å². The molecule has 0 saturated heterocycles. The van der Waals surface area contributed by atoms with Crippen LogP contribution in [-0.4, -0.2) is 18.4 Å². The van der Waals surface area contributed by atoms with Gasteiger partial charge >= 0.3 is 0 Å². The molecule has 1 saturated carbocycles. The molecule has 2 atom stereocenters. The molecule has 0 spiro atoms. The summed E-state index contributed by atoms with van der Waals surface area (Å²) >= 11 is 0. The Kier molecular flexibility index (Phi) is 5.16. The van der Waals surface area contributed by atoms with Gasteiger partial charge in [0.15, 0.2) is 0 Å². The fourth-order valence-electron chi connectivity index (χ4n) is 2.64. The Bertz CT molecular complexity index is 804. The highest BCUT2D eigenvalue weighted by Crippen LogP contribution is 2.40. The molecule has 2 N–H and O–H groups in total. The maximum Gasteiger partial charge on any atom is 0.228 e. The van der Waals surface area contributed by atoms with E-state index < -0.39 is 35.1 Å². The van der Waals surface area contributed by atoms with E-state index in [9.17, 15) is 18.4 Å². The van der Waals surface area contributed by atoms with E-state index in [1.807, 2.05) is 6.92 Å². The first kappa shape index (κ1) is 17.8. The van der Waals surface area contributed by atoms with Crippen molar-refractivity contribution in [3.05, 3.63) is 54.1 Å². The fraction of sp³-hybridized carbons (Fsp3) is 0.263. The lowest BCUT2D eigenvalue weighted by Gasteiger charge is -2.08. The van der Waals surface area contributed by atoms with E-state index in [0.29, 0.717) is 24.5 Å². The number of carbonyl (C=O) groups excluding carboxylic acids is 2. The summed E-state index contributed by atoms with van der Waals surface area (Å²) in [7, 11) is 0. The third-order valence-corrected chi connectivity index (χ3v) is 4.11. The summed E-state index contributed by atoms with van der Waals surface area (Å²) in [5.41, 5.74) is 0.0970. The Hall–Kier alpha value is -2.96. The van der Waals surface area contributed by atoms with Crippen molar-refractivity contribution < 1.29 is 23.1 Å². The maximum atomic E-state index is 13.6. The van der Waals surface area contributed by atoms with Crippen molar-refractivity contribution in [2.75, 3.05) is 17.2 Å². The summed E-state index contributed by atoms with van der Waals surface area (Å²) in [6.07, 6.45) is 0.338. The van der Waals surface area contributed by atoms with Gasteiger partial charge in [0.05, 0.1) is 18.4 Å². The average Bonchev–Trinajstić information content (AvgIpc) is 3.41. The minimum atomic E-state index is -0.852. The first-order valence-corrected chi connectivity index (χ1v) is 8.28. The Balaban J connectivity index is 1.55. The van der Waals surface area contributed by atoms with Crippen molar-refractivity contribution in [1.82, 2.24) is 0 Å². The number of carbonyl (C=O) groups is 2. The largest absolute Gasteiger partial charge is 0.494 e. The smallest absolute Gasteiger partial charge is 0.228 e. The fourth-order valence-corrected chi connectivity index (χ4v) is 2.64. The standard InChI is InChI=1S/C19H18F2N2O3/c1-2-26-12-8-6-11(7-9-12)22-18(24)13-10-14(13)19(25)23-17-15(20)4-3-5-16(17)21/h3-9,13-14H,2,10H2,1H3,(H,22,24)(H,23,25). The summed E-state index contributed by atoms with van der Waals surface area (Å²) in [5.74, 6) is -3.00. The van der Waals surface area contributed by atoms with Crippen LogP contribution in [0.3, 0.4) is 0 Å². The number of para-hydroxylation sites is 1. The Morgan fingerprint density at radius 3 is 2.15 bits per heavy atom. The highest BCUT2D eigenvalue weighted by molar-refractivity contribution is 6.03. The zero-order chi connectivity index (χ0) is 18.7. The van der Waals surface area contributed by atoms with Crippen LogP contribution >= 0.6 is 0 Å². The van der Waals surface area contributed by atoms with Crippen molar-refractivity contribution in [2.45, 2.75) is 13.3 Å². The molecule has 0 radical (unpaired) electrons. The summed E-state index contributed by atoms with van der Waals surface area (Å²) in [5, 5.41) is 4.95. The molecule has 0 bridgehead atoms. The quantitative estimate of drug-likeness (QED) is 0.827. The third-order valence-electron chi connectivity index (χ3n) is 4.11. The molecule has 1 fully saturated rings. The van der Waals surface area contributed by atoms with Crippen LogP contribution in [0.1, 0.15) is 13.3 Å². The first-order chi connectivity index (χ1) is 12.5. The van der Waals surface area contributed by atoms with Gasteiger partial charge in [-0.05, 0) is 49.7 Å². The molecule has 7 heteroatoms. The minimum absolute atomic E-state index is 0.302. The number of hydrogen-bond acceptors (Lipinski definition) is 3. The lowest BCUT2D eigenvalue weighted by Crippen LogP contribution is -2.21. The van der Waals surface area contributed by atoms with Gasteiger partial charge < -0.3 is 15.4 Å². The second-order valence-corrected chi connectivity index (χ2v) is 5.98. The number of amides is 2. The summed E-state index contributed by atoms with van der Waals surface area (Å²) in [6.45, 7) is 2.42. The zero-order valence-corrected chi connectivity index (χ0v) is 14.1. The van der Waals surface area contributed by atoms with E-state index in [1.165, 1.54) is 6.07 Å².